The zero-order valence-corrected chi connectivity index (χ0v) is 11.3. The Kier molecular flexibility index (Phi) is 12.9. The topological polar surface area (TPSA) is 21.7 Å². The average Bonchev–Trinajstić information content (AvgIpc) is 2.37. The van der Waals surface area contributed by atoms with Crippen LogP contribution in [0.2, 0.25) is 0 Å². The second-order valence-corrected chi connectivity index (χ2v) is 3.86. The molecule has 1 heterocycles. The number of likely N-dealkylation sites (tertiary alicyclic amines) is 1. The zero-order valence-electron chi connectivity index (χ0n) is 11.3. The van der Waals surface area contributed by atoms with Crippen LogP contribution >= 0.6 is 0 Å². The summed E-state index contributed by atoms with van der Waals surface area (Å²) in [5.41, 5.74) is 0. The molecule has 0 saturated carbocycles. The lowest BCUT2D eigenvalue weighted by Crippen LogP contribution is -2.32. The van der Waals surface area contributed by atoms with Crippen LogP contribution in [-0.2, 0) is 9.47 Å². The minimum atomic E-state index is 0.809. The van der Waals surface area contributed by atoms with Gasteiger partial charge in [-0.05, 0) is 32.4 Å². The van der Waals surface area contributed by atoms with E-state index in [1.165, 1.54) is 32.4 Å². The van der Waals surface area contributed by atoms with E-state index in [9.17, 15) is 0 Å². The van der Waals surface area contributed by atoms with Gasteiger partial charge in [0.15, 0.2) is 0 Å². The van der Waals surface area contributed by atoms with Crippen molar-refractivity contribution >= 4 is 0 Å². The maximum Gasteiger partial charge on any atom is 0.0593 e. The molecule has 0 unspecified atom stereocenters. The van der Waals surface area contributed by atoms with Crippen molar-refractivity contribution in [1.29, 1.82) is 0 Å². The number of ether oxygens (including phenoxy) is 2. The van der Waals surface area contributed by atoms with Crippen molar-refractivity contribution in [2.24, 2.45) is 0 Å². The molecule has 0 amide bonds. The molecule has 0 bridgehead atoms. The van der Waals surface area contributed by atoms with Gasteiger partial charge in [-0.15, -0.1) is 0 Å². The first-order valence-electron chi connectivity index (χ1n) is 6.72. The molecule has 0 atom stereocenters. The number of piperidine rings is 1. The van der Waals surface area contributed by atoms with Crippen LogP contribution in [0.1, 0.15) is 39.5 Å². The number of hydrogen-bond donors (Lipinski definition) is 0. The van der Waals surface area contributed by atoms with Crippen molar-refractivity contribution in [3.8, 4) is 0 Å². The summed E-state index contributed by atoms with van der Waals surface area (Å²) in [6.07, 6.45) is 5.15. The van der Waals surface area contributed by atoms with Crippen molar-refractivity contribution in [3.63, 3.8) is 0 Å². The van der Waals surface area contributed by atoms with E-state index in [1.54, 1.807) is 7.11 Å². The fourth-order valence-corrected chi connectivity index (χ4v) is 1.78. The third-order valence-corrected chi connectivity index (χ3v) is 2.64. The lowest BCUT2D eigenvalue weighted by Gasteiger charge is -2.26. The third-order valence-electron chi connectivity index (χ3n) is 2.64. The predicted octanol–water partition coefficient (Wildman–Crippen LogP) is 2.55. The van der Waals surface area contributed by atoms with Crippen molar-refractivity contribution < 1.29 is 9.47 Å². The number of methoxy groups -OCH3 is 1. The Bertz CT molecular complexity index is 125. The van der Waals surface area contributed by atoms with Crippen molar-refractivity contribution in [2.45, 2.75) is 39.5 Å². The third kappa shape index (κ3) is 9.13. The van der Waals surface area contributed by atoms with Crippen molar-refractivity contribution in [3.05, 3.63) is 0 Å². The van der Waals surface area contributed by atoms with E-state index >= 15 is 0 Å². The molecule has 98 valence electrons. The minimum Gasteiger partial charge on any atom is -0.385 e. The summed E-state index contributed by atoms with van der Waals surface area (Å²) < 4.78 is 10.5. The van der Waals surface area contributed by atoms with Crippen LogP contribution in [0.3, 0.4) is 0 Å². The number of nitrogens with zero attached hydrogens (tertiary/aromatic N) is 1. The Morgan fingerprint density at radius 2 is 1.62 bits per heavy atom. The maximum absolute atomic E-state index is 5.52. The molecule has 3 nitrogen and oxygen atoms in total. The van der Waals surface area contributed by atoms with Gasteiger partial charge in [-0.2, -0.15) is 0 Å². The summed E-state index contributed by atoms with van der Waals surface area (Å²) in [5.74, 6) is 0. The molecule has 0 radical (unpaired) electrons. The normalized spacial score (nSPS) is 16.7. The summed E-state index contributed by atoms with van der Waals surface area (Å²) >= 11 is 0. The quantitative estimate of drug-likeness (QED) is 0.629. The molecule has 3 heteroatoms. The van der Waals surface area contributed by atoms with Crippen molar-refractivity contribution in [1.82, 2.24) is 4.90 Å². The first kappa shape index (κ1) is 15.9. The Morgan fingerprint density at radius 3 is 2.25 bits per heavy atom. The Hall–Kier alpha value is -0.120. The highest BCUT2D eigenvalue weighted by molar-refractivity contribution is 4.63. The van der Waals surface area contributed by atoms with Crippen LogP contribution in [0.4, 0.5) is 0 Å². The van der Waals surface area contributed by atoms with Crippen LogP contribution < -0.4 is 0 Å². The largest absolute Gasteiger partial charge is 0.385 e. The molecule has 1 aliphatic heterocycles. The Morgan fingerprint density at radius 1 is 0.938 bits per heavy atom. The molecule has 0 aromatic rings. The monoisotopic (exact) mass is 231 g/mol. The smallest absolute Gasteiger partial charge is 0.0593 e. The van der Waals surface area contributed by atoms with E-state index in [2.05, 4.69) is 4.90 Å². The molecule has 0 spiro atoms. The van der Waals surface area contributed by atoms with Crippen LogP contribution in [0.15, 0.2) is 0 Å². The van der Waals surface area contributed by atoms with Gasteiger partial charge in [0.2, 0.25) is 0 Å². The van der Waals surface area contributed by atoms with Gasteiger partial charge in [0, 0.05) is 26.9 Å². The lowest BCUT2D eigenvalue weighted by atomic mass is 10.1. The summed E-state index contributed by atoms with van der Waals surface area (Å²) in [6.45, 7) is 10.2. The summed E-state index contributed by atoms with van der Waals surface area (Å²) in [4.78, 5) is 2.50. The second kappa shape index (κ2) is 12.9. The summed E-state index contributed by atoms with van der Waals surface area (Å²) in [6, 6.07) is 0. The molecule has 0 aromatic heterocycles. The molecular weight excluding hydrogens is 202 g/mol. The van der Waals surface area contributed by atoms with E-state index in [4.69, 9.17) is 9.47 Å². The highest BCUT2D eigenvalue weighted by Crippen LogP contribution is 2.07. The van der Waals surface area contributed by atoms with Gasteiger partial charge in [0.05, 0.1) is 6.61 Å². The molecule has 0 aliphatic carbocycles. The molecule has 0 aromatic carbocycles. The highest BCUT2D eigenvalue weighted by atomic mass is 16.5. The number of rotatable bonds is 7. The lowest BCUT2D eigenvalue weighted by molar-refractivity contribution is 0.0791. The number of hydrogen-bond acceptors (Lipinski definition) is 3. The second-order valence-electron chi connectivity index (χ2n) is 3.86. The molecule has 0 N–H and O–H groups in total. The Balaban J connectivity index is 0.00000106. The van der Waals surface area contributed by atoms with E-state index in [-0.39, 0.29) is 0 Å². The van der Waals surface area contributed by atoms with Gasteiger partial charge < -0.3 is 14.4 Å². The fourth-order valence-electron chi connectivity index (χ4n) is 1.78. The minimum absolute atomic E-state index is 0.809. The van der Waals surface area contributed by atoms with Crippen molar-refractivity contribution in [2.75, 3.05) is 46.6 Å². The fraction of sp³-hybridized carbons (Fsp3) is 1.00. The van der Waals surface area contributed by atoms with Crippen LogP contribution in [0.25, 0.3) is 0 Å². The SMILES string of the molecule is CC.COCCCOCCN1CCCCC1. The molecule has 1 rings (SSSR count). The van der Waals surface area contributed by atoms with E-state index < -0.39 is 0 Å². The standard InChI is InChI=1S/C11H23NO2.C2H6/c1-13-9-5-10-14-11-8-12-6-3-2-4-7-12;1-2/h2-11H2,1H3;1-2H3. The van der Waals surface area contributed by atoms with Gasteiger partial charge in [0.1, 0.15) is 0 Å². The molecule has 1 saturated heterocycles. The van der Waals surface area contributed by atoms with Gasteiger partial charge in [-0.1, -0.05) is 20.3 Å². The maximum atomic E-state index is 5.52. The van der Waals surface area contributed by atoms with Crippen LogP contribution in [0, 0.1) is 0 Å². The zero-order chi connectivity index (χ0) is 12.1. The highest BCUT2D eigenvalue weighted by Gasteiger charge is 2.08. The first-order chi connectivity index (χ1) is 7.93. The van der Waals surface area contributed by atoms with E-state index in [0.29, 0.717) is 0 Å². The summed E-state index contributed by atoms with van der Waals surface area (Å²) in [5, 5.41) is 0. The molecule has 1 aliphatic rings. The van der Waals surface area contributed by atoms with Gasteiger partial charge in [0.25, 0.3) is 0 Å². The predicted molar refractivity (Wildman–Crippen MR) is 69.0 cm³/mol. The molecule has 1 fully saturated rings. The van der Waals surface area contributed by atoms with Gasteiger partial charge in [-0.25, -0.2) is 0 Å². The Labute approximate surface area is 101 Å². The van der Waals surface area contributed by atoms with Crippen LogP contribution in [0.5, 0.6) is 0 Å². The van der Waals surface area contributed by atoms with E-state index in [0.717, 1.165) is 32.8 Å². The summed E-state index contributed by atoms with van der Waals surface area (Å²) in [7, 11) is 1.73. The van der Waals surface area contributed by atoms with E-state index in [1.807, 2.05) is 13.8 Å². The molecule has 16 heavy (non-hydrogen) atoms. The van der Waals surface area contributed by atoms with Gasteiger partial charge in [-0.3, -0.25) is 0 Å². The van der Waals surface area contributed by atoms with Crippen LogP contribution in [-0.4, -0.2) is 51.5 Å². The van der Waals surface area contributed by atoms with Gasteiger partial charge >= 0.3 is 0 Å². The first-order valence-corrected chi connectivity index (χ1v) is 6.72. The average molecular weight is 231 g/mol. The molecular formula is C13H29NO2.